The SMILES string of the molecule is C=C1[C@@H](CC)CCN2[C@@H]1N(C)C(=O)c1c(O)c(=O)c(-c3nnc(Cc4ccc(F)cc4F)s3)cn12. The fraction of sp³-hybridized carbons (Fsp3) is 0.333. The normalized spacial score (nSPS) is 19.7. The number of fused-ring (bicyclic) bond motifs is 3. The molecule has 2 atom stereocenters. The van der Waals surface area contributed by atoms with Gasteiger partial charge in [-0.15, -0.1) is 10.2 Å². The Balaban J connectivity index is 1.55. The molecular formula is C24H23F2N5O3S. The maximum atomic E-state index is 14.1. The molecule has 2 aliphatic heterocycles. The number of aromatic hydroxyl groups is 1. The molecule has 1 amide bonds. The van der Waals surface area contributed by atoms with Crippen molar-refractivity contribution in [1.82, 2.24) is 19.8 Å². The monoisotopic (exact) mass is 499 g/mol. The zero-order valence-electron chi connectivity index (χ0n) is 19.2. The van der Waals surface area contributed by atoms with E-state index in [1.807, 2.05) is 5.01 Å². The molecule has 1 N–H and O–H groups in total. The van der Waals surface area contributed by atoms with Crippen LogP contribution in [0.4, 0.5) is 8.78 Å². The minimum atomic E-state index is -0.741. The van der Waals surface area contributed by atoms with Gasteiger partial charge in [0.1, 0.15) is 22.8 Å². The van der Waals surface area contributed by atoms with Gasteiger partial charge in [-0.05, 0) is 36.0 Å². The number of rotatable bonds is 4. The van der Waals surface area contributed by atoms with Gasteiger partial charge in [-0.1, -0.05) is 30.9 Å². The summed E-state index contributed by atoms with van der Waals surface area (Å²) in [6.45, 7) is 6.91. The van der Waals surface area contributed by atoms with Crippen molar-refractivity contribution < 1.29 is 18.7 Å². The van der Waals surface area contributed by atoms with Crippen LogP contribution in [0.3, 0.4) is 0 Å². The van der Waals surface area contributed by atoms with Crippen molar-refractivity contribution in [3.63, 3.8) is 0 Å². The van der Waals surface area contributed by atoms with Crippen molar-refractivity contribution in [2.45, 2.75) is 32.4 Å². The number of aromatic nitrogens is 3. The van der Waals surface area contributed by atoms with Crippen LogP contribution in [0.25, 0.3) is 10.6 Å². The second kappa shape index (κ2) is 8.56. The van der Waals surface area contributed by atoms with Crippen molar-refractivity contribution in [3.8, 4) is 16.3 Å². The number of piperidine rings is 1. The van der Waals surface area contributed by atoms with Crippen LogP contribution in [-0.2, 0) is 6.42 Å². The maximum Gasteiger partial charge on any atom is 0.278 e. The number of carbonyl (C=O) groups excluding carboxylic acids is 1. The predicted octanol–water partition coefficient (Wildman–Crippen LogP) is 3.28. The van der Waals surface area contributed by atoms with Gasteiger partial charge in [0.15, 0.2) is 16.5 Å². The van der Waals surface area contributed by atoms with Gasteiger partial charge in [0.25, 0.3) is 5.91 Å². The molecular weight excluding hydrogens is 476 g/mol. The second-order valence-corrected chi connectivity index (χ2v) is 9.81. The summed E-state index contributed by atoms with van der Waals surface area (Å²) in [5, 5.41) is 21.4. The second-order valence-electron chi connectivity index (χ2n) is 8.75. The Morgan fingerprint density at radius 3 is 2.74 bits per heavy atom. The Kier molecular flexibility index (Phi) is 5.66. The first-order valence-electron chi connectivity index (χ1n) is 11.2. The van der Waals surface area contributed by atoms with E-state index in [0.717, 1.165) is 41.9 Å². The smallest absolute Gasteiger partial charge is 0.278 e. The van der Waals surface area contributed by atoms with E-state index in [1.165, 1.54) is 21.8 Å². The number of likely N-dealkylation sites (N-methyl/N-ethyl adjacent to an activating group) is 1. The molecule has 1 aromatic carbocycles. The van der Waals surface area contributed by atoms with Crippen LogP contribution >= 0.6 is 11.3 Å². The summed E-state index contributed by atoms with van der Waals surface area (Å²) in [4.78, 5) is 27.7. The van der Waals surface area contributed by atoms with Gasteiger partial charge in [-0.3, -0.25) is 19.3 Å². The summed E-state index contributed by atoms with van der Waals surface area (Å²) in [7, 11) is 1.64. The van der Waals surface area contributed by atoms with E-state index in [9.17, 15) is 23.5 Å². The summed E-state index contributed by atoms with van der Waals surface area (Å²) < 4.78 is 28.8. The van der Waals surface area contributed by atoms with Gasteiger partial charge in [-0.25, -0.2) is 8.78 Å². The first-order valence-corrected chi connectivity index (χ1v) is 12.0. The van der Waals surface area contributed by atoms with E-state index in [0.29, 0.717) is 11.6 Å². The number of benzene rings is 1. The van der Waals surface area contributed by atoms with Crippen molar-refractivity contribution in [2.75, 3.05) is 18.6 Å². The molecule has 0 aliphatic carbocycles. The summed E-state index contributed by atoms with van der Waals surface area (Å²) in [6, 6.07) is 3.29. The van der Waals surface area contributed by atoms with Crippen molar-refractivity contribution in [1.29, 1.82) is 0 Å². The standard InChI is InChI=1S/C24H23F2N5O3S/c1-4-13-7-8-30-23(12(13)2)29(3)24(34)19-21(33)20(32)16(11-31(19)30)22-28-27-18(35-22)9-14-5-6-15(25)10-17(14)26/h5-6,10-11,13,23,33H,2,4,7-9H2,1,3H3/t13-,23-/m0/s1. The fourth-order valence-corrected chi connectivity index (χ4v) is 5.69. The van der Waals surface area contributed by atoms with Crippen molar-refractivity contribution in [3.05, 3.63) is 74.7 Å². The highest BCUT2D eigenvalue weighted by molar-refractivity contribution is 7.14. The van der Waals surface area contributed by atoms with Gasteiger partial charge in [0, 0.05) is 32.3 Å². The molecule has 4 heterocycles. The molecule has 2 aliphatic rings. The summed E-state index contributed by atoms with van der Waals surface area (Å²) in [5.41, 5.74) is 0.370. The molecule has 3 aromatic rings. The number of hydrogen-bond donors (Lipinski definition) is 1. The average Bonchev–Trinajstić information content (AvgIpc) is 3.29. The number of amides is 1. The van der Waals surface area contributed by atoms with E-state index in [4.69, 9.17) is 0 Å². The highest BCUT2D eigenvalue weighted by Crippen LogP contribution is 2.36. The molecule has 2 aromatic heterocycles. The van der Waals surface area contributed by atoms with Gasteiger partial charge in [0.2, 0.25) is 5.43 Å². The Hall–Kier alpha value is -3.60. The number of pyridine rings is 1. The van der Waals surface area contributed by atoms with Gasteiger partial charge < -0.3 is 10.0 Å². The first-order chi connectivity index (χ1) is 16.7. The van der Waals surface area contributed by atoms with Crippen molar-refractivity contribution >= 4 is 17.2 Å². The highest BCUT2D eigenvalue weighted by Gasteiger charge is 2.43. The number of hydrogen-bond acceptors (Lipinski definition) is 7. The highest BCUT2D eigenvalue weighted by atomic mass is 32.1. The lowest BCUT2D eigenvalue weighted by atomic mass is 9.87. The zero-order valence-corrected chi connectivity index (χ0v) is 20.0. The van der Waals surface area contributed by atoms with E-state index in [1.54, 1.807) is 7.05 Å². The zero-order chi connectivity index (χ0) is 25.0. The largest absolute Gasteiger partial charge is 0.502 e. The molecule has 182 valence electrons. The molecule has 0 bridgehead atoms. The van der Waals surface area contributed by atoms with Gasteiger partial charge in [0.05, 0.1) is 5.56 Å². The van der Waals surface area contributed by atoms with Crippen LogP contribution in [0.2, 0.25) is 0 Å². The number of halogens is 2. The van der Waals surface area contributed by atoms with Gasteiger partial charge in [-0.2, -0.15) is 0 Å². The van der Waals surface area contributed by atoms with Crippen LogP contribution < -0.4 is 10.4 Å². The van der Waals surface area contributed by atoms with Gasteiger partial charge >= 0.3 is 0 Å². The van der Waals surface area contributed by atoms with E-state index in [2.05, 4.69) is 23.7 Å². The Morgan fingerprint density at radius 2 is 2.03 bits per heavy atom. The summed E-state index contributed by atoms with van der Waals surface area (Å²) >= 11 is 1.06. The lowest BCUT2D eigenvalue weighted by Crippen LogP contribution is -2.63. The maximum absolute atomic E-state index is 14.1. The van der Waals surface area contributed by atoms with Crippen LogP contribution in [0, 0.1) is 17.6 Å². The van der Waals surface area contributed by atoms with Crippen LogP contribution in [0.5, 0.6) is 5.75 Å². The predicted molar refractivity (Wildman–Crippen MR) is 127 cm³/mol. The third-order valence-electron chi connectivity index (χ3n) is 6.72. The summed E-state index contributed by atoms with van der Waals surface area (Å²) in [6.07, 6.45) is 2.88. The van der Waals surface area contributed by atoms with Crippen LogP contribution in [0.1, 0.15) is 40.8 Å². The fourth-order valence-electron chi connectivity index (χ4n) is 4.82. The molecule has 11 heteroatoms. The lowest BCUT2D eigenvalue weighted by Gasteiger charge is -2.50. The molecule has 5 rings (SSSR count). The van der Waals surface area contributed by atoms with E-state index < -0.39 is 34.9 Å². The Morgan fingerprint density at radius 1 is 1.26 bits per heavy atom. The molecule has 1 saturated heterocycles. The minimum absolute atomic E-state index is 0.0672. The lowest BCUT2D eigenvalue weighted by molar-refractivity contribution is 0.0635. The van der Waals surface area contributed by atoms with E-state index in [-0.39, 0.29) is 34.2 Å². The van der Waals surface area contributed by atoms with E-state index >= 15 is 0 Å². The third-order valence-corrected chi connectivity index (χ3v) is 7.68. The summed E-state index contributed by atoms with van der Waals surface area (Å²) in [5.74, 6) is -2.25. The molecule has 0 saturated carbocycles. The first kappa shape index (κ1) is 23.2. The minimum Gasteiger partial charge on any atom is -0.502 e. The molecule has 0 spiro atoms. The van der Waals surface area contributed by atoms with Crippen LogP contribution in [-0.4, -0.2) is 50.5 Å². The van der Waals surface area contributed by atoms with Crippen molar-refractivity contribution in [2.24, 2.45) is 5.92 Å². The number of carbonyl (C=O) groups is 1. The molecule has 0 radical (unpaired) electrons. The quantitative estimate of drug-likeness (QED) is 0.554. The molecule has 1 fully saturated rings. The molecule has 35 heavy (non-hydrogen) atoms. The Labute approximate surface area is 203 Å². The third kappa shape index (κ3) is 3.70. The van der Waals surface area contributed by atoms with Crippen LogP contribution in [0.15, 0.2) is 41.3 Å². The molecule has 8 nitrogen and oxygen atoms in total. The Bertz CT molecular complexity index is 1420. The topological polar surface area (TPSA) is 91.6 Å². The number of nitrogens with zero attached hydrogens (tertiary/aromatic N) is 5. The average molecular weight is 500 g/mol. The molecule has 0 unspecified atom stereocenters.